The Balaban J connectivity index is 1.89. The third-order valence-electron chi connectivity index (χ3n) is 5.69. The number of hydrogen-bond acceptors (Lipinski definition) is 7. The quantitative estimate of drug-likeness (QED) is 0.356. The van der Waals surface area contributed by atoms with Crippen LogP contribution in [-0.2, 0) is 17.3 Å². The Kier molecular flexibility index (Phi) is 8.00. The van der Waals surface area contributed by atoms with Gasteiger partial charge in [-0.3, -0.25) is 7.86 Å². The summed E-state index contributed by atoms with van der Waals surface area (Å²) in [5, 5.41) is 0. The molecule has 10 heteroatoms. The summed E-state index contributed by atoms with van der Waals surface area (Å²) < 4.78 is 42.4. The largest absolute Gasteiger partial charge is 0.485 e. The lowest BCUT2D eigenvalue weighted by atomic mass is 9.73. The number of amides is 1. The standard InChI is InChI=1S/C22H29FINO7/c1-5-28-19(29-6-2)17-18(26)15-8-7-14(23)13-16(15)30-22(17)9-11-25(12-10-22)20(27)31-21(3,4)32-24/h7-8,13,17,19H,5-6,9-12H2,1-4H3. The maximum absolute atomic E-state index is 13.9. The topological polar surface area (TPSA) is 83.5 Å². The van der Waals surface area contributed by atoms with Crippen molar-refractivity contribution < 1.29 is 36.0 Å². The molecule has 2 heterocycles. The Morgan fingerprint density at radius 1 is 1.28 bits per heavy atom. The monoisotopic (exact) mass is 565 g/mol. The third-order valence-corrected chi connectivity index (χ3v) is 6.75. The molecule has 0 N–H and O–H groups in total. The number of fused-ring (bicyclic) bond motifs is 1. The van der Waals surface area contributed by atoms with Crippen LogP contribution < -0.4 is 4.74 Å². The number of carbonyl (C=O) groups excluding carboxylic acids is 2. The van der Waals surface area contributed by atoms with Crippen LogP contribution in [0.15, 0.2) is 18.2 Å². The van der Waals surface area contributed by atoms with Gasteiger partial charge in [-0.05, 0) is 26.0 Å². The molecule has 2 aliphatic rings. The predicted molar refractivity (Wildman–Crippen MR) is 121 cm³/mol. The van der Waals surface area contributed by atoms with Crippen LogP contribution in [0.3, 0.4) is 0 Å². The van der Waals surface area contributed by atoms with E-state index in [9.17, 15) is 14.0 Å². The van der Waals surface area contributed by atoms with E-state index in [1.54, 1.807) is 41.8 Å². The zero-order chi connectivity index (χ0) is 23.5. The van der Waals surface area contributed by atoms with Crippen LogP contribution in [0.5, 0.6) is 5.75 Å². The Hall–Kier alpha value is -1.50. The van der Waals surface area contributed by atoms with Gasteiger partial charge in [0.25, 0.3) is 0 Å². The highest BCUT2D eigenvalue weighted by Crippen LogP contribution is 2.45. The van der Waals surface area contributed by atoms with Crippen LogP contribution in [0.4, 0.5) is 9.18 Å². The highest BCUT2D eigenvalue weighted by molar-refractivity contribution is 14.1. The highest BCUT2D eigenvalue weighted by atomic mass is 127. The predicted octanol–water partition coefficient (Wildman–Crippen LogP) is 4.49. The SMILES string of the molecule is CCOC(OCC)C1C(=O)c2ccc(F)cc2OC12CCN(C(=O)OC(C)(C)OI)CC2. The van der Waals surface area contributed by atoms with Crippen molar-refractivity contribution in [1.29, 1.82) is 0 Å². The van der Waals surface area contributed by atoms with Crippen LogP contribution in [-0.4, -0.2) is 60.8 Å². The second-order valence-electron chi connectivity index (χ2n) is 8.26. The van der Waals surface area contributed by atoms with E-state index in [-0.39, 0.29) is 24.6 Å². The highest BCUT2D eigenvalue weighted by Gasteiger charge is 2.55. The Labute approximate surface area is 201 Å². The smallest absolute Gasteiger partial charge is 0.412 e. The van der Waals surface area contributed by atoms with Crippen molar-refractivity contribution in [2.45, 2.75) is 58.2 Å². The van der Waals surface area contributed by atoms with Gasteiger partial charge < -0.3 is 23.8 Å². The van der Waals surface area contributed by atoms with Gasteiger partial charge in [0.15, 0.2) is 12.1 Å². The molecular formula is C22H29FINO7. The second kappa shape index (κ2) is 10.2. The van der Waals surface area contributed by atoms with Crippen LogP contribution in [0.2, 0.25) is 0 Å². The zero-order valence-electron chi connectivity index (χ0n) is 18.7. The third kappa shape index (κ3) is 5.18. The minimum atomic E-state index is -1.07. The Bertz CT molecular complexity index is 836. The summed E-state index contributed by atoms with van der Waals surface area (Å²) in [6.07, 6.45) is -0.675. The van der Waals surface area contributed by atoms with E-state index in [1.807, 2.05) is 13.8 Å². The molecule has 1 amide bonds. The normalized spacial score (nSPS) is 20.3. The summed E-state index contributed by atoms with van der Waals surface area (Å²) in [4.78, 5) is 27.7. The molecule has 0 radical (unpaired) electrons. The summed E-state index contributed by atoms with van der Waals surface area (Å²) in [7, 11) is 0. The molecule has 1 saturated heterocycles. The molecule has 2 aliphatic heterocycles. The molecule has 178 valence electrons. The fourth-order valence-corrected chi connectivity index (χ4v) is 4.28. The summed E-state index contributed by atoms with van der Waals surface area (Å²) >= 11 is 1.68. The van der Waals surface area contributed by atoms with Crippen molar-refractivity contribution in [1.82, 2.24) is 4.90 Å². The number of nitrogens with zero attached hydrogens (tertiary/aromatic N) is 1. The molecule has 1 fully saturated rings. The van der Waals surface area contributed by atoms with E-state index >= 15 is 0 Å². The summed E-state index contributed by atoms with van der Waals surface area (Å²) in [5.74, 6) is -2.33. The van der Waals surface area contributed by atoms with Crippen LogP contribution >= 0.6 is 23.0 Å². The van der Waals surface area contributed by atoms with Gasteiger partial charge in [-0.2, -0.15) is 0 Å². The lowest BCUT2D eigenvalue weighted by Crippen LogP contribution is -2.61. The minimum Gasteiger partial charge on any atom is -0.485 e. The van der Waals surface area contributed by atoms with E-state index in [1.165, 1.54) is 18.2 Å². The Morgan fingerprint density at radius 2 is 1.91 bits per heavy atom. The van der Waals surface area contributed by atoms with Gasteiger partial charge in [0.2, 0.25) is 5.79 Å². The number of halogens is 2. The molecule has 1 aromatic rings. The summed E-state index contributed by atoms with van der Waals surface area (Å²) in [5.41, 5.74) is -0.701. The first-order chi connectivity index (χ1) is 15.2. The van der Waals surface area contributed by atoms with E-state index < -0.39 is 35.5 Å². The van der Waals surface area contributed by atoms with E-state index in [0.717, 1.165) is 0 Å². The molecular weight excluding hydrogens is 536 g/mol. The summed E-state index contributed by atoms with van der Waals surface area (Å²) in [6.45, 7) is 8.21. The van der Waals surface area contributed by atoms with E-state index in [0.29, 0.717) is 31.6 Å². The fourth-order valence-electron chi connectivity index (χ4n) is 4.19. The lowest BCUT2D eigenvalue weighted by molar-refractivity contribution is -0.199. The molecule has 8 nitrogen and oxygen atoms in total. The molecule has 0 saturated carbocycles. The van der Waals surface area contributed by atoms with Crippen molar-refractivity contribution in [2.24, 2.45) is 5.92 Å². The van der Waals surface area contributed by atoms with Crippen molar-refractivity contribution in [3.63, 3.8) is 0 Å². The fraction of sp³-hybridized carbons (Fsp3) is 0.636. The van der Waals surface area contributed by atoms with Gasteiger partial charge >= 0.3 is 6.09 Å². The second-order valence-corrected chi connectivity index (χ2v) is 8.70. The maximum Gasteiger partial charge on any atom is 0.412 e. The number of piperidine rings is 1. The van der Waals surface area contributed by atoms with E-state index in [2.05, 4.69) is 0 Å². The number of hydrogen-bond donors (Lipinski definition) is 0. The van der Waals surface area contributed by atoms with Crippen molar-refractivity contribution in [3.05, 3.63) is 29.6 Å². The van der Waals surface area contributed by atoms with Gasteiger partial charge in [0, 0.05) is 59.1 Å². The van der Waals surface area contributed by atoms with Gasteiger partial charge in [-0.25, -0.2) is 9.18 Å². The number of rotatable bonds is 7. The molecule has 0 bridgehead atoms. The molecule has 1 unspecified atom stereocenters. The molecule has 1 atom stereocenters. The maximum atomic E-state index is 13.9. The zero-order valence-corrected chi connectivity index (χ0v) is 20.8. The molecule has 0 aromatic heterocycles. The van der Waals surface area contributed by atoms with Crippen LogP contribution in [0, 0.1) is 11.7 Å². The number of ether oxygens (including phenoxy) is 4. The molecule has 0 aliphatic carbocycles. The van der Waals surface area contributed by atoms with E-state index in [4.69, 9.17) is 22.0 Å². The molecule has 3 rings (SSSR count). The van der Waals surface area contributed by atoms with Gasteiger partial charge in [-0.15, -0.1) is 0 Å². The first-order valence-electron chi connectivity index (χ1n) is 10.7. The minimum absolute atomic E-state index is 0.202. The lowest BCUT2D eigenvalue weighted by Gasteiger charge is -2.49. The number of benzene rings is 1. The number of ketones is 1. The van der Waals surface area contributed by atoms with Gasteiger partial charge in [-0.1, -0.05) is 0 Å². The van der Waals surface area contributed by atoms with Crippen molar-refractivity contribution in [2.75, 3.05) is 26.3 Å². The first kappa shape index (κ1) is 25.1. The van der Waals surface area contributed by atoms with Crippen molar-refractivity contribution in [3.8, 4) is 5.75 Å². The van der Waals surface area contributed by atoms with Crippen molar-refractivity contribution >= 4 is 34.9 Å². The Morgan fingerprint density at radius 3 is 2.47 bits per heavy atom. The first-order valence-corrected chi connectivity index (χ1v) is 11.6. The molecule has 1 aromatic carbocycles. The average molecular weight is 565 g/mol. The summed E-state index contributed by atoms with van der Waals surface area (Å²) in [6, 6.07) is 3.89. The number of carbonyl (C=O) groups is 2. The van der Waals surface area contributed by atoms with Gasteiger partial charge in [0.1, 0.15) is 46.1 Å². The number of Topliss-reactive ketones (excluding diaryl/α,β-unsaturated/α-hetero) is 1. The molecule has 32 heavy (non-hydrogen) atoms. The van der Waals surface area contributed by atoms with Gasteiger partial charge in [0.05, 0.1) is 5.56 Å². The van der Waals surface area contributed by atoms with Crippen LogP contribution in [0.1, 0.15) is 50.9 Å². The average Bonchev–Trinajstić information content (AvgIpc) is 2.74. The number of likely N-dealkylation sites (tertiary alicyclic amines) is 1. The van der Waals surface area contributed by atoms with Crippen LogP contribution in [0.25, 0.3) is 0 Å². The molecule has 1 spiro atoms.